The summed E-state index contributed by atoms with van der Waals surface area (Å²) < 4.78 is 1.76. The maximum absolute atomic E-state index is 12.6. The van der Waals surface area contributed by atoms with Crippen molar-refractivity contribution in [3.8, 4) is 0 Å². The molecule has 0 aliphatic heterocycles. The number of aromatic nitrogens is 2. The number of hydrogen-bond acceptors (Lipinski definition) is 3. The molecule has 0 fully saturated rings. The second-order valence-electron chi connectivity index (χ2n) is 5.01. The SMILES string of the molecule is CCN(CCC(=O)O)C(=O)c1c(C)nc2cc(C)ccn12. The summed E-state index contributed by atoms with van der Waals surface area (Å²) in [5.41, 5.74) is 2.95. The van der Waals surface area contributed by atoms with E-state index in [1.165, 1.54) is 4.90 Å². The van der Waals surface area contributed by atoms with Crippen molar-refractivity contribution in [3.05, 3.63) is 35.3 Å². The van der Waals surface area contributed by atoms with Crippen molar-refractivity contribution in [2.75, 3.05) is 13.1 Å². The molecule has 2 heterocycles. The summed E-state index contributed by atoms with van der Waals surface area (Å²) in [6, 6.07) is 3.83. The molecular weight excluding hydrogens is 270 g/mol. The van der Waals surface area contributed by atoms with Crippen LogP contribution in [0.2, 0.25) is 0 Å². The molecule has 0 aliphatic rings. The lowest BCUT2D eigenvalue weighted by Gasteiger charge is -2.20. The van der Waals surface area contributed by atoms with Gasteiger partial charge in [-0.1, -0.05) is 0 Å². The standard InChI is InChI=1S/C15H19N3O3/c1-4-17(7-6-13(19)20)15(21)14-11(3)16-12-9-10(2)5-8-18(12)14/h5,8-9H,4,6-7H2,1-3H3,(H,19,20). The quantitative estimate of drug-likeness (QED) is 0.912. The molecular formula is C15H19N3O3. The number of pyridine rings is 1. The van der Waals surface area contributed by atoms with E-state index in [0.29, 0.717) is 17.9 Å². The van der Waals surface area contributed by atoms with Crippen molar-refractivity contribution < 1.29 is 14.7 Å². The van der Waals surface area contributed by atoms with E-state index in [9.17, 15) is 9.59 Å². The number of imidazole rings is 1. The normalized spacial score (nSPS) is 10.8. The second-order valence-corrected chi connectivity index (χ2v) is 5.01. The van der Waals surface area contributed by atoms with Crippen LogP contribution in [-0.4, -0.2) is 44.4 Å². The number of aryl methyl sites for hydroxylation is 2. The van der Waals surface area contributed by atoms with Gasteiger partial charge in [0.15, 0.2) is 0 Å². The van der Waals surface area contributed by atoms with Crippen LogP contribution in [0.1, 0.15) is 35.1 Å². The van der Waals surface area contributed by atoms with Crippen LogP contribution in [0.5, 0.6) is 0 Å². The van der Waals surface area contributed by atoms with E-state index in [1.807, 2.05) is 32.2 Å². The van der Waals surface area contributed by atoms with Gasteiger partial charge in [-0.3, -0.25) is 14.0 Å². The third kappa shape index (κ3) is 3.04. The summed E-state index contributed by atoms with van der Waals surface area (Å²) in [7, 11) is 0. The lowest BCUT2D eigenvalue weighted by atomic mass is 10.2. The number of carboxylic acid groups (broad SMARTS) is 1. The molecule has 6 heteroatoms. The Hall–Kier alpha value is -2.37. The fourth-order valence-electron chi connectivity index (χ4n) is 2.31. The van der Waals surface area contributed by atoms with Gasteiger partial charge in [-0.15, -0.1) is 0 Å². The first kappa shape index (κ1) is 15.0. The molecule has 1 amide bonds. The van der Waals surface area contributed by atoms with E-state index in [2.05, 4.69) is 4.98 Å². The molecule has 0 aromatic carbocycles. The molecule has 0 spiro atoms. The number of fused-ring (bicyclic) bond motifs is 1. The predicted molar refractivity (Wildman–Crippen MR) is 78.5 cm³/mol. The molecule has 21 heavy (non-hydrogen) atoms. The predicted octanol–water partition coefficient (Wildman–Crippen LogP) is 1.89. The Morgan fingerprint density at radius 1 is 1.38 bits per heavy atom. The summed E-state index contributed by atoms with van der Waals surface area (Å²) in [4.78, 5) is 29.3. The Balaban J connectivity index is 2.37. The monoisotopic (exact) mass is 289 g/mol. The highest BCUT2D eigenvalue weighted by molar-refractivity contribution is 5.94. The van der Waals surface area contributed by atoms with Crippen LogP contribution < -0.4 is 0 Å². The molecule has 0 aliphatic carbocycles. The van der Waals surface area contributed by atoms with Crippen molar-refractivity contribution in [1.29, 1.82) is 0 Å². The minimum Gasteiger partial charge on any atom is -0.481 e. The molecule has 0 unspecified atom stereocenters. The Morgan fingerprint density at radius 3 is 2.71 bits per heavy atom. The molecule has 2 aromatic heterocycles. The van der Waals surface area contributed by atoms with Crippen LogP contribution in [0.25, 0.3) is 5.65 Å². The number of nitrogens with zero attached hydrogens (tertiary/aromatic N) is 3. The summed E-state index contributed by atoms with van der Waals surface area (Å²) >= 11 is 0. The fourth-order valence-corrected chi connectivity index (χ4v) is 2.31. The van der Waals surface area contributed by atoms with Gasteiger partial charge in [0.2, 0.25) is 0 Å². The van der Waals surface area contributed by atoms with Crippen molar-refractivity contribution in [2.24, 2.45) is 0 Å². The number of carbonyl (C=O) groups is 2. The zero-order chi connectivity index (χ0) is 15.6. The Bertz CT molecular complexity index is 691. The number of carboxylic acids is 1. The van der Waals surface area contributed by atoms with E-state index in [4.69, 9.17) is 5.11 Å². The molecule has 112 valence electrons. The first-order chi connectivity index (χ1) is 9.93. The summed E-state index contributed by atoms with van der Waals surface area (Å²) in [6.45, 7) is 6.26. The first-order valence-electron chi connectivity index (χ1n) is 6.90. The highest BCUT2D eigenvalue weighted by Crippen LogP contribution is 2.16. The zero-order valence-electron chi connectivity index (χ0n) is 12.5. The molecule has 2 rings (SSSR count). The minimum atomic E-state index is -0.910. The molecule has 0 saturated heterocycles. The number of rotatable bonds is 5. The topological polar surface area (TPSA) is 74.9 Å². The lowest BCUT2D eigenvalue weighted by Crippen LogP contribution is -2.34. The van der Waals surface area contributed by atoms with Crippen LogP contribution in [0.3, 0.4) is 0 Å². The molecule has 0 saturated carbocycles. The molecule has 0 bridgehead atoms. The molecule has 0 radical (unpaired) electrons. The summed E-state index contributed by atoms with van der Waals surface area (Å²) in [6.07, 6.45) is 1.76. The van der Waals surface area contributed by atoms with Crippen molar-refractivity contribution >= 4 is 17.5 Å². The number of aliphatic carboxylic acids is 1. The van der Waals surface area contributed by atoms with Gasteiger partial charge >= 0.3 is 5.97 Å². The summed E-state index contributed by atoms with van der Waals surface area (Å²) in [5, 5.41) is 8.77. The second kappa shape index (κ2) is 5.95. The fraction of sp³-hybridized carbons (Fsp3) is 0.400. The van der Waals surface area contributed by atoms with E-state index < -0.39 is 5.97 Å². The van der Waals surface area contributed by atoms with Crippen LogP contribution in [0, 0.1) is 13.8 Å². The van der Waals surface area contributed by atoms with Crippen molar-refractivity contribution in [1.82, 2.24) is 14.3 Å². The van der Waals surface area contributed by atoms with Crippen LogP contribution in [0.15, 0.2) is 18.3 Å². The van der Waals surface area contributed by atoms with Gasteiger partial charge in [0.1, 0.15) is 11.3 Å². The minimum absolute atomic E-state index is 0.0610. The van der Waals surface area contributed by atoms with Gasteiger partial charge in [-0.25, -0.2) is 4.98 Å². The maximum Gasteiger partial charge on any atom is 0.305 e. The average Bonchev–Trinajstić information content (AvgIpc) is 2.73. The molecule has 6 nitrogen and oxygen atoms in total. The molecule has 0 atom stereocenters. The number of amides is 1. The average molecular weight is 289 g/mol. The Kier molecular flexibility index (Phi) is 4.26. The number of hydrogen-bond donors (Lipinski definition) is 1. The molecule has 1 N–H and O–H groups in total. The third-order valence-corrected chi connectivity index (χ3v) is 3.42. The van der Waals surface area contributed by atoms with E-state index >= 15 is 0 Å². The Morgan fingerprint density at radius 2 is 2.10 bits per heavy atom. The van der Waals surface area contributed by atoms with Crippen LogP contribution >= 0.6 is 0 Å². The number of carbonyl (C=O) groups excluding carboxylic acids is 1. The van der Waals surface area contributed by atoms with Crippen LogP contribution in [-0.2, 0) is 4.79 Å². The van der Waals surface area contributed by atoms with Gasteiger partial charge in [-0.2, -0.15) is 0 Å². The molecule has 2 aromatic rings. The van der Waals surface area contributed by atoms with Gasteiger partial charge < -0.3 is 10.0 Å². The largest absolute Gasteiger partial charge is 0.481 e. The smallest absolute Gasteiger partial charge is 0.305 e. The maximum atomic E-state index is 12.6. The first-order valence-corrected chi connectivity index (χ1v) is 6.90. The van der Waals surface area contributed by atoms with Gasteiger partial charge in [0.05, 0.1) is 12.1 Å². The van der Waals surface area contributed by atoms with Gasteiger partial charge in [-0.05, 0) is 38.5 Å². The van der Waals surface area contributed by atoms with Gasteiger partial charge in [0.25, 0.3) is 5.91 Å². The van der Waals surface area contributed by atoms with Crippen LogP contribution in [0.4, 0.5) is 0 Å². The highest BCUT2D eigenvalue weighted by atomic mass is 16.4. The van der Waals surface area contributed by atoms with E-state index in [0.717, 1.165) is 11.2 Å². The van der Waals surface area contributed by atoms with Crippen molar-refractivity contribution in [2.45, 2.75) is 27.2 Å². The van der Waals surface area contributed by atoms with E-state index in [-0.39, 0.29) is 18.9 Å². The van der Waals surface area contributed by atoms with Crippen molar-refractivity contribution in [3.63, 3.8) is 0 Å². The zero-order valence-corrected chi connectivity index (χ0v) is 12.5. The van der Waals surface area contributed by atoms with Gasteiger partial charge in [0, 0.05) is 19.3 Å². The summed E-state index contributed by atoms with van der Waals surface area (Å²) in [5.74, 6) is -1.10. The Labute approximate surface area is 123 Å². The highest BCUT2D eigenvalue weighted by Gasteiger charge is 2.22. The third-order valence-electron chi connectivity index (χ3n) is 3.42. The van der Waals surface area contributed by atoms with E-state index in [1.54, 1.807) is 11.3 Å². The lowest BCUT2D eigenvalue weighted by molar-refractivity contribution is -0.137.